The van der Waals surface area contributed by atoms with Crippen LogP contribution in [-0.4, -0.2) is 22.8 Å². The van der Waals surface area contributed by atoms with E-state index in [0.717, 1.165) is 26.2 Å². The number of aryl methyl sites for hydroxylation is 1. The molecule has 3 heteroatoms. The zero-order valence-corrected chi connectivity index (χ0v) is 8.83. The molecule has 1 aromatic rings. The molecule has 2 rings (SSSR count). The molecule has 1 aliphatic rings. The number of hydrogen-bond acceptors (Lipinski definition) is 2. The normalized spacial score (nSPS) is 15.5. The van der Waals surface area contributed by atoms with Gasteiger partial charge in [0.2, 0.25) is 0 Å². The Kier molecular flexibility index (Phi) is 3.19. The number of hydrogen-bond donors (Lipinski definition) is 0. The van der Waals surface area contributed by atoms with Gasteiger partial charge in [0.25, 0.3) is 0 Å². The molecule has 1 aromatic heterocycles. The third kappa shape index (κ3) is 1.98. The molecule has 3 nitrogen and oxygen atoms in total. The van der Waals surface area contributed by atoms with Crippen LogP contribution in [0.3, 0.4) is 0 Å². The van der Waals surface area contributed by atoms with Crippen LogP contribution in [0.15, 0.2) is 6.33 Å². The van der Waals surface area contributed by atoms with E-state index in [4.69, 9.17) is 4.74 Å². The van der Waals surface area contributed by atoms with Crippen LogP contribution in [0.25, 0.3) is 0 Å². The summed E-state index contributed by atoms with van der Waals surface area (Å²) in [5, 5.41) is 0. The Morgan fingerprint density at radius 2 is 2.29 bits per heavy atom. The first-order valence-electron chi connectivity index (χ1n) is 5.52. The standard InChI is InChI=1S/C11H18N2O/c1-2-14-8-7-13-9-12-10-5-3-4-6-11(10)13/h9H,2-8H2,1H3. The Morgan fingerprint density at radius 1 is 1.43 bits per heavy atom. The van der Waals surface area contributed by atoms with Crippen LogP contribution in [0.2, 0.25) is 0 Å². The van der Waals surface area contributed by atoms with Crippen LogP contribution in [0.1, 0.15) is 31.2 Å². The van der Waals surface area contributed by atoms with Crippen molar-refractivity contribution in [3.8, 4) is 0 Å². The quantitative estimate of drug-likeness (QED) is 0.683. The Balaban J connectivity index is 1.99. The van der Waals surface area contributed by atoms with Crippen molar-refractivity contribution >= 4 is 0 Å². The molecule has 0 spiro atoms. The third-order valence-electron chi connectivity index (χ3n) is 2.79. The first-order valence-corrected chi connectivity index (χ1v) is 5.52. The second-order valence-electron chi connectivity index (χ2n) is 3.74. The zero-order chi connectivity index (χ0) is 9.80. The average Bonchev–Trinajstić information content (AvgIpc) is 2.63. The molecule has 0 saturated heterocycles. The summed E-state index contributed by atoms with van der Waals surface area (Å²) in [6.07, 6.45) is 6.94. The zero-order valence-electron chi connectivity index (χ0n) is 8.83. The summed E-state index contributed by atoms with van der Waals surface area (Å²) in [7, 11) is 0. The molecule has 0 amide bonds. The minimum absolute atomic E-state index is 0.802. The molecule has 0 aliphatic heterocycles. The predicted molar refractivity (Wildman–Crippen MR) is 55.4 cm³/mol. The number of aromatic nitrogens is 2. The van der Waals surface area contributed by atoms with Crippen LogP contribution in [0.5, 0.6) is 0 Å². The highest BCUT2D eigenvalue weighted by Gasteiger charge is 2.14. The van der Waals surface area contributed by atoms with Crippen LogP contribution in [-0.2, 0) is 24.1 Å². The largest absolute Gasteiger partial charge is 0.380 e. The minimum atomic E-state index is 0.802. The first kappa shape index (κ1) is 9.71. The lowest BCUT2D eigenvalue weighted by Gasteiger charge is -2.13. The van der Waals surface area contributed by atoms with Gasteiger partial charge in [0.1, 0.15) is 0 Å². The van der Waals surface area contributed by atoms with Crippen LogP contribution in [0, 0.1) is 0 Å². The summed E-state index contributed by atoms with van der Waals surface area (Å²) >= 11 is 0. The highest BCUT2D eigenvalue weighted by molar-refractivity contribution is 5.16. The van der Waals surface area contributed by atoms with E-state index in [-0.39, 0.29) is 0 Å². The SMILES string of the molecule is CCOCCn1cnc2c1CCCC2. The number of nitrogens with zero attached hydrogens (tertiary/aromatic N) is 2. The van der Waals surface area contributed by atoms with Crippen molar-refractivity contribution < 1.29 is 4.74 Å². The van der Waals surface area contributed by atoms with Gasteiger partial charge >= 0.3 is 0 Å². The van der Waals surface area contributed by atoms with E-state index in [9.17, 15) is 0 Å². The lowest BCUT2D eigenvalue weighted by molar-refractivity contribution is 0.138. The second-order valence-corrected chi connectivity index (χ2v) is 3.74. The summed E-state index contributed by atoms with van der Waals surface area (Å²) in [6.45, 7) is 4.59. The molecule has 0 N–H and O–H groups in total. The maximum atomic E-state index is 5.35. The smallest absolute Gasteiger partial charge is 0.0952 e. The fraction of sp³-hybridized carbons (Fsp3) is 0.727. The van der Waals surface area contributed by atoms with E-state index in [0.29, 0.717) is 0 Å². The van der Waals surface area contributed by atoms with E-state index in [1.807, 2.05) is 13.3 Å². The van der Waals surface area contributed by atoms with Crippen molar-refractivity contribution in [3.63, 3.8) is 0 Å². The summed E-state index contributed by atoms with van der Waals surface area (Å²) in [4.78, 5) is 4.44. The summed E-state index contributed by atoms with van der Waals surface area (Å²) in [5.74, 6) is 0. The lowest BCUT2D eigenvalue weighted by atomic mass is 10.0. The Labute approximate surface area is 85.1 Å². The number of ether oxygens (including phenoxy) is 1. The summed E-state index contributed by atoms with van der Waals surface area (Å²) in [5.41, 5.74) is 2.75. The van der Waals surface area contributed by atoms with Gasteiger partial charge < -0.3 is 9.30 Å². The van der Waals surface area contributed by atoms with Crippen molar-refractivity contribution in [2.45, 2.75) is 39.2 Å². The van der Waals surface area contributed by atoms with Crippen molar-refractivity contribution in [1.29, 1.82) is 0 Å². The molecule has 0 atom stereocenters. The van der Waals surface area contributed by atoms with Gasteiger partial charge in [-0.2, -0.15) is 0 Å². The molecule has 0 radical (unpaired) electrons. The van der Waals surface area contributed by atoms with Crippen molar-refractivity contribution in [3.05, 3.63) is 17.7 Å². The molecule has 0 bridgehead atoms. The Morgan fingerprint density at radius 3 is 3.14 bits per heavy atom. The second kappa shape index (κ2) is 4.60. The van der Waals surface area contributed by atoms with Gasteiger partial charge in [-0.15, -0.1) is 0 Å². The highest BCUT2D eigenvalue weighted by atomic mass is 16.5. The number of rotatable bonds is 4. The highest BCUT2D eigenvalue weighted by Crippen LogP contribution is 2.19. The van der Waals surface area contributed by atoms with E-state index in [1.54, 1.807) is 0 Å². The maximum Gasteiger partial charge on any atom is 0.0952 e. The topological polar surface area (TPSA) is 27.1 Å². The van der Waals surface area contributed by atoms with Gasteiger partial charge in [-0.05, 0) is 32.6 Å². The fourth-order valence-electron chi connectivity index (χ4n) is 2.03. The van der Waals surface area contributed by atoms with Crippen LogP contribution >= 0.6 is 0 Å². The third-order valence-corrected chi connectivity index (χ3v) is 2.79. The van der Waals surface area contributed by atoms with Crippen LogP contribution < -0.4 is 0 Å². The molecule has 0 unspecified atom stereocenters. The monoisotopic (exact) mass is 194 g/mol. The molecular weight excluding hydrogens is 176 g/mol. The van der Waals surface area contributed by atoms with E-state index in [2.05, 4.69) is 9.55 Å². The van der Waals surface area contributed by atoms with E-state index < -0.39 is 0 Å². The van der Waals surface area contributed by atoms with Gasteiger partial charge in [-0.3, -0.25) is 0 Å². The van der Waals surface area contributed by atoms with Crippen molar-refractivity contribution in [1.82, 2.24) is 9.55 Å². The molecule has 0 aromatic carbocycles. The summed E-state index contributed by atoms with van der Waals surface area (Å²) < 4.78 is 7.60. The lowest BCUT2D eigenvalue weighted by Crippen LogP contribution is -2.11. The average molecular weight is 194 g/mol. The van der Waals surface area contributed by atoms with Gasteiger partial charge in [-0.25, -0.2) is 4.98 Å². The van der Waals surface area contributed by atoms with E-state index >= 15 is 0 Å². The maximum absolute atomic E-state index is 5.35. The first-order chi connectivity index (χ1) is 6.92. The molecule has 1 heterocycles. The van der Waals surface area contributed by atoms with Gasteiger partial charge in [-0.1, -0.05) is 0 Å². The molecule has 78 valence electrons. The molecule has 14 heavy (non-hydrogen) atoms. The number of fused-ring (bicyclic) bond motifs is 1. The van der Waals surface area contributed by atoms with Crippen LogP contribution in [0.4, 0.5) is 0 Å². The van der Waals surface area contributed by atoms with Gasteiger partial charge in [0.15, 0.2) is 0 Å². The fourth-order valence-corrected chi connectivity index (χ4v) is 2.03. The van der Waals surface area contributed by atoms with Crippen molar-refractivity contribution in [2.75, 3.05) is 13.2 Å². The van der Waals surface area contributed by atoms with Crippen molar-refractivity contribution in [2.24, 2.45) is 0 Å². The van der Waals surface area contributed by atoms with E-state index in [1.165, 1.54) is 30.7 Å². The molecule has 1 aliphatic carbocycles. The Hall–Kier alpha value is -0.830. The molecule has 0 fully saturated rings. The number of imidazole rings is 1. The molecule has 0 saturated carbocycles. The Bertz CT molecular complexity index is 293. The predicted octanol–water partition coefficient (Wildman–Crippen LogP) is 1.80. The van der Waals surface area contributed by atoms with Gasteiger partial charge in [0, 0.05) is 18.8 Å². The van der Waals surface area contributed by atoms with Gasteiger partial charge in [0.05, 0.1) is 18.6 Å². The minimum Gasteiger partial charge on any atom is -0.380 e. The molecular formula is C11H18N2O. The summed E-state index contributed by atoms with van der Waals surface area (Å²) in [6, 6.07) is 0.